The van der Waals surface area contributed by atoms with Crippen molar-refractivity contribution in [3.63, 3.8) is 0 Å². The molecule has 0 saturated carbocycles. The summed E-state index contributed by atoms with van der Waals surface area (Å²) in [6.07, 6.45) is -3.46. The Hall–Kier alpha value is -0.880. The Bertz CT molecular complexity index is 811. The molecule has 0 bridgehead atoms. The minimum absolute atomic E-state index is 0. The van der Waals surface area contributed by atoms with Crippen molar-refractivity contribution in [2.75, 3.05) is 12.3 Å². The molecule has 1 unspecified atom stereocenters. The number of hydrogen-bond acceptors (Lipinski definition) is 4. The van der Waals surface area contributed by atoms with Crippen molar-refractivity contribution in [1.29, 1.82) is 0 Å². The van der Waals surface area contributed by atoms with Crippen molar-refractivity contribution < 1.29 is 47.0 Å². The second-order valence-corrected chi connectivity index (χ2v) is 8.93. The Morgan fingerprint density at radius 3 is 2.36 bits per heavy atom. The standard InChI is InChI=1S/C13H16F3NO5S2.ClH/c14-13(15,16)10-4-3-6-12(8-10)24(21,22)17-7-2-1-5-11(17)9-23(18,19)20;/h3-4,6,8,11H,1-2,5,7,9H2,(H,18,19,20);1H/p-1. The van der Waals surface area contributed by atoms with Crippen LogP contribution in [0.3, 0.4) is 0 Å². The molecule has 6 nitrogen and oxygen atoms in total. The van der Waals surface area contributed by atoms with E-state index in [2.05, 4.69) is 0 Å². The highest BCUT2D eigenvalue weighted by Crippen LogP contribution is 2.32. The molecule has 1 aromatic rings. The highest BCUT2D eigenvalue weighted by Gasteiger charge is 2.37. The Morgan fingerprint density at radius 2 is 1.80 bits per heavy atom. The topological polar surface area (TPSA) is 91.8 Å². The van der Waals surface area contributed by atoms with Gasteiger partial charge in [0.05, 0.1) is 16.2 Å². The summed E-state index contributed by atoms with van der Waals surface area (Å²) in [6, 6.07) is 2.29. The van der Waals surface area contributed by atoms with Crippen LogP contribution in [-0.4, -0.2) is 44.0 Å². The van der Waals surface area contributed by atoms with Crippen molar-refractivity contribution in [3.8, 4) is 0 Å². The van der Waals surface area contributed by atoms with Gasteiger partial charge >= 0.3 is 6.18 Å². The number of hydrogen-bond donors (Lipinski definition) is 1. The highest BCUT2D eigenvalue weighted by atomic mass is 35.5. The Morgan fingerprint density at radius 1 is 1.16 bits per heavy atom. The average molecular weight is 423 g/mol. The van der Waals surface area contributed by atoms with Crippen LogP contribution in [0.5, 0.6) is 0 Å². The van der Waals surface area contributed by atoms with E-state index in [-0.39, 0.29) is 25.4 Å². The SMILES string of the molecule is O=S(=O)(O)CC1CCCCN1S(=O)(=O)c1cccc(C(F)(F)F)c1.[Cl-]. The summed E-state index contributed by atoms with van der Waals surface area (Å²) >= 11 is 0. The Labute approximate surface area is 150 Å². The molecule has 0 aromatic heterocycles. The van der Waals surface area contributed by atoms with E-state index in [1.165, 1.54) is 0 Å². The van der Waals surface area contributed by atoms with Gasteiger partial charge in [-0.15, -0.1) is 0 Å². The van der Waals surface area contributed by atoms with Crippen LogP contribution in [0.25, 0.3) is 0 Å². The average Bonchev–Trinajstić information content (AvgIpc) is 2.45. The van der Waals surface area contributed by atoms with E-state index in [9.17, 15) is 30.0 Å². The molecule has 0 amide bonds. The molecule has 12 heteroatoms. The molecule has 1 atom stereocenters. The first kappa shape index (κ1) is 22.2. The minimum atomic E-state index is -4.69. The number of halogens is 4. The van der Waals surface area contributed by atoms with Crippen LogP contribution in [0, 0.1) is 0 Å². The molecule has 0 aliphatic carbocycles. The van der Waals surface area contributed by atoms with E-state index in [4.69, 9.17) is 4.55 Å². The third kappa shape index (κ3) is 5.55. The lowest BCUT2D eigenvalue weighted by Crippen LogP contribution is -3.00. The van der Waals surface area contributed by atoms with E-state index in [0.29, 0.717) is 18.9 Å². The van der Waals surface area contributed by atoms with Crippen LogP contribution >= 0.6 is 0 Å². The first-order valence-corrected chi connectivity index (χ1v) is 10.1. The summed E-state index contributed by atoms with van der Waals surface area (Å²) in [6.45, 7) is -0.0151. The van der Waals surface area contributed by atoms with Gasteiger partial charge in [-0.3, -0.25) is 4.55 Å². The van der Waals surface area contributed by atoms with E-state index >= 15 is 0 Å². The zero-order valence-electron chi connectivity index (χ0n) is 12.8. The zero-order valence-corrected chi connectivity index (χ0v) is 15.2. The van der Waals surface area contributed by atoms with E-state index in [1.54, 1.807) is 0 Å². The lowest BCUT2D eigenvalue weighted by atomic mass is 10.1. The maximum atomic E-state index is 12.8. The van der Waals surface area contributed by atoms with Crippen LogP contribution in [0.2, 0.25) is 0 Å². The van der Waals surface area contributed by atoms with Crippen molar-refractivity contribution in [1.82, 2.24) is 4.31 Å². The maximum absolute atomic E-state index is 12.8. The van der Waals surface area contributed by atoms with Gasteiger partial charge < -0.3 is 12.4 Å². The molecule has 144 valence electrons. The lowest BCUT2D eigenvalue weighted by Gasteiger charge is -2.34. The summed E-state index contributed by atoms with van der Waals surface area (Å²) in [5, 5.41) is 0. The monoisotopic (exact) mass is 422 g/mol. The summed E-state index contributed by atoms with van der Waals surface area (Å²) < 4.78 is 95.6. The first-order chi connectivity index (χ1) is 10.9. The Kier molecular flexibility index (Phi) is 6.90. The molecule has 1 heterocycles. The summed E-state index contributed by atoms with van der Waals surface area (Å²) in [5.74, 6) is -0.787. The van der Waals surface area contributed by atoms with Crippen LogP contribution in [0.1, 0.15) is 24.8 Å². The minimum Gasteiger partial charge on any atom is -1.00 e. The number of sulfonamides is 1. The molecule has 1 aromatic carbocycles. The predicted octanol–water partition coefficient (Wildman–Crippen LogP) is -0.860. The summed E-state index contributed by atoms with van der Waals surface area (Å²) in [4.78, 5) is -0.556. The van der Waals surface area contributed by atoms with Gasteiger partial charge in [0, 0.05) is 12.6 Å². The molecule has 1 saturated heterocycles. The van der Waals surface area contributed by atoms with E-state index < -0.39 is 48.6 Å². The smallest absolute Gasteiger partial charge is 0.416 e. The number of piperidine rings is 1. The van der Waals surface area contributed by atoms with E-state index in [0.717, 1.165) is 22.5 Å². The van der Waals surface area contributed by atoms with Crippen molar-refractivity contribution in [2.24, 2.45) is 0 Å². The zero-order chi connectivity index (χ0) is 18.2. The van der Waals surface area contributed by atoms with Crippen LogP contribution in [0.15, 0.2) is 29.2 Å². The largest absolute Gasteiger partial charge is 1.00 e. The van der Waals surface area contributed by atoms with Gasteiger partial charge in [0.1, 0.15) is 0 Å². The van der Waals surface area contributed by atoms with Crippen LogP contribution < -0.4 is 12.4 Å². The van der Waals surface area contributed by atoms with Gasteiger partial charge in [-0.25, -0.2) is 8.42 Å². The molecule has 1 N–H and O–H groups in total. The van der Waals surface area contributed by atoms with Gasteiger partial charge in [-0.05, 0) is 31.0 Å². The number of benzene rings is 1. The molecule has 2 rings (SSSR count). The maximum Gasteiger partial charge on any atom is 0.416 e. The van der Waals surface area contributed by atoms with Crippen molar-refractivity contribution in [3.05, 3.63) is 29.8 Å². The normalized spacial score (nSPS) is 20.1. The fourth-order valence-corrected chi connectivity index (χ4v) is 5.33. The summed E-state index contributed by atoms with van der Waals surface area (Å²) in [5.41, 5.74) is -1.10. The first-order valence-electron chi connectivity index (χ1n) is 7.05. The van der Waals surface area contributed by atoms with Gasteiger partial charge in [-0.1, -0.05) is 12.5 Å². The van der Waals surface area contributed by atoms with Crippen molar-refractivity contribution >= 4 is 20.1 Å². The fraction of sp³-hybridized carbons (Fsp3) is 0.538. The predicted molar refractivity (Wildman–Crippen MR) is 79.4 cm³/mol. The van der Waals surface area contributed by atoms with Gasteiger partial charge in [0.2, 0.25) is 10.0 Å². The van der Waals surface area contributed by atoms with Crippen LogP contribution in [0.4, 0.5) is 13.2 Å². The molecule has 25 heavy (non-hydrogen) atoms. The number of alkyl halides is 3. The summed E-state index contributed by atoms with van der Waals surface area (Å²) in [7, 11) is -8.73. The van der Waals surface area contributed by atoms with Gasteiger partial charge in [0.25, 0.3) is 10.1 Å². The second kappa shape index (κ2) is 7.78. The van der Waals surface area contributed by atoms with Crippen LogP contribution in [-0.2, 0) is 26.3 Å². The van der Waals surface area contributed by atoms with E-state index in [1.807, 2.05) is 0 Å². The van der Waals surface area contributed by atoms with Crippen molar-refractivity contribution in [2.45, 2.75) is 36.4 Å². The number of nitrogens with zero attached hydrogens (tertiary/aromatic N) is 1. The second-order valence-electron chi connectivity index (χ2n) is 5.54. The third-order valence-corrected chi connectivity index (χ3v) is 6.50. The molecule has 0 spiro atoms. The Balaban J connectivity index is 0.00000312. The lowest BCUT2D eigenvalue weighted by molar-refractivity contribution is -0.137. The van der Waals surface area contributed by atoms with Gasteiger partial charge in [0.15, 0.2) is 0 Å². The molecule has 1 aliphatic rings. The van der Waals surface area contributed by atoms with Gasteiger partial charge in [-0.2, -0.15) is 25.9 Å². The quantitative estimate of drug-likeness (QED) is 0.638. The molecule has 1 aliphatic heterocycles. The molecular weight excluding hydrogens is 407 g/mol. The third-order valence-electron chi connectivity index (χ3n) is 3.74. The number of rotatable bonds is 4. The highest BCUT2D eigenvalue weighted by molar-refractivity contribution is 7.89. The molecule has 1 fully saturated rings. The molecule has 0 radical (unpaired) electrons. The fourth-order valence-electron chi connectivity index (χ4n) is 2.67. The molecular formula is C13H16ClF3NO5S2-.